The van der Waals surface area contributed by atoms with Gasteiger partial charge in [0.25, 0.3) is 0 Å². The van der Waals surface area contributed by atoms with Crippen LogP contribution in [0, 0.1) is 10.1 Å². The largest absolute Gasteiger partial charge is 0.502 e. The van der Waals surface area contributed by atoms with Crippen LogP contribution in [-0.2, 0) is 0 Å². The van der Waals surface area contributed by atoms with Crippen molar-refractivity contribution in [2.75, 3.05) is 6.54 Å². The molecule has 0 unspecified atom stereocenters. The number of hydrogen-bond acceptors (Lipinski definition) is 4. The lowest BCUT2D eigenvalue weighted by molar-refractivity contribution is -0.385. The Kier molecular flexibility index (Phi) is 4.09. The fourth-order valence-corrected chi connectivity index (χ4v) is 1.87. The van der Waals surface area contributed by atoms with E-state index in [0.29, 0.717) is 0 Å². The normalized spacial score (nSPS) is 19.1. The summed E-state index contributed by atoms with van der Waals surface area (Å²) in [6.45, 7) is 0.944. The van der Waals surface area contributed by atoms with E-state index in [1.807, 2.05) is 0 Å². The minimum Gasteiger partial charge on any atom is -0.502 e. The fourth-order valence-electron chi connectivity index (χ4n) is 1.87. The predicted molar refractivity (Wildman–Crippen MR) is 62.0 cm³/mol. The van der Waals surface area contributed by atoms with Gasteiger partial charge < -0.3 is 10.4 Å². The molecule has 88 valence electrons. The van der Waals surface area contributed by atoms with Gasteiger partial charge in [0, 0.05) is 12.1 Å². The summed E-state index contributed by atoms with van der Waals surface area (Å²) in [6.07, 6.45) is 2.07. The van der Waals surface area contributed by atoms with E-state index >= 15 is 0 Å². The average Bonchev–Trinajstić information content (AvgIpc) is 2.71. The van der Waals surface area contributed by atoms with E-state index < -0.39 is 4.92 Å². The number of nitro groups is 1. The summed E-state index contributed by atoms with van der Waals surface area (Å²) in [5, 5.41) is 23.2. The van der Waals surface area contributed by atoms with Crippen molar-refractivity contribution < 1.29 is 10.0 Å². The number of aromatic hydroxyl groups is 1. The molecule has 1 aromatic rings. The number of rotatable bonds is 2. The zero-order valence-corrected chi connectivity index (χ0v) is 9.37. The van der Waals surface area contributed by atoms with Crippen LogP contribution in [0.5, 0.6) is 5.75 Å². The van der Waals surface area contributed by atoms with Crippen LogP contribution in [0.3, 0.4) is 0 Å². The van der Waals surface area contributed by atoms with Gasteiger partial charge in [-0.1, -0.05) is 6.07 Å². The Bertz CT molecular complexity index is 392. The maximum absolute atomic E-state index is 10.6. The molecule has 0 aromatic heterocycles. The molecule has 1 aliphatic heterocycles. The molecule has 0 amide bonds. The van der Waals surface area contributed by atoms with Crippen molar-refractivity contribution in [1.82, 2.24) is 5.32 Å². The minimum atomic E-state index is -0.562. The van der Waals surface area contributed by atoms with E-state index in [-0.39, 0.29) is 29.9 Å². The maximum atomic E-state index is 10.6. The van der Waals surface area contributed by atoms with Crippen molar-refractivity contribution in [3.05, 3.63) is 33.9 Å². The van der Waals surface area contributed by atoms with Crippen LogP contribution in [-0.4, -0.2) is 16.6 Å². The molecule has 5 nitrogen and oxygen atoms in total. The van der Waals surface area contributed by atoms with Gasteiger partial charge in [-0.2, -0.15) is 0 Å². The van der Waals surface area contributed by atoms with Crippen LogP contribution < -0.4 is 5.32 Å². The third-order valence-electron chi connectivity index (χ3n) is 2.66. The first kappa shape index (κ1) is 12.7. The SMILES string of the molecule is Cl.O=[N+]([O-])c1cc([C@@H]2CCCN2)ccc1O. The number of phenols is 1. The van der Waals surface area contributed by atoms with E-state index in [0.717, 1.165) is 24.9 Å². The second-order valence-corrected chi connectivity index (χ2v) is 3.65. The summed E-state index contributed by atoms with van der Waals surface area (Å²) in [7, 11) is 0. The molecule has 16 heavy (non-hydrogen) atoms. The van der Waals surface area contributed by atoms with Crippen LogP contribution >= 0.6 is 12.4 Å². The second-order valence-electron chi connectivity index (χ2n) is 3.65. The van der Waals surface area contributed by atoms with Crippen molar-refractivity contribution in [3.8, 4) is 5.75 Å². The van der Waals surface area contributed by atoms with Gasteiger partial charge in [-0.15, -0.1) is 12.4 Å². The molecule has 1 aromatic carbocycles. The molecule has 0 bridgehead atoms. The summed E-state index contributed by atoms with van der Waals surface area (Å²) in [4.78, 5) is 10.1. The smallest absolute Gasteiger partial charge is 0.311 e. The highest BCUT2D eigenvalue weighted by molar-refractivity contribution is 5.85. The number of phenolic OH excluding ortho intramolecular Hbond substituents is 1. The van der Waals surface area contributed by atoms with E-state index in [9.17, 15) is 15.2 Å². The number of nitrogens with one attached hydrogen (secondary N) is 1. The molecule has 1 saturated heterocycles. The van der Waals surface area contributed by atoms with Crippen molar-refractivity contribution >= 4 is 18.1 Å². The zero-order chi connectivity index (χ0) is 10.8. The summed E-state index contributed by atoms with van der Waals surface area (Å²) >= 11 is 0. The van der Waals surface area contributed by atoms with E-state index in [4.69, 9.17) is 0 Å². The van der Waals surface area contributed by atoms with Crippen LogP contribution in [0.2, 0.25) is 0 Å². The van der Waals surface area contributed by atoms with Gasteiger partial charge in [0.15, 0.2) is 5.75 Å². The first-order chi connectivity index (χ1) is 7.18. The Morgan fingerprint density at radius 3 is 2.81 bits per heavy atom. The Hall–Kier alpha value is -1.33. The lowest BCUT2D eigenvalue weighted by Gasteiger charge is -2.10. The Labute approximate surface area is 99.0 Å². The molecule has 0 saturated carbocycles. The van der Waals surface area contributed by atoms with Crippen molar-refractivity contribution in [2.24, 2.45) is 0 Å². The maximum Gasteiger partial charge on any atom is 0.311 e. The molecule has 1 heterocycles. The Morgan fingerprint density at radius 1 is 1.50 bits per heavy atom. The van der Waals surface area contributed by atoms with E-state index in [2.05, 4.69) is 5.32 Å². The molecule has 0 aliphatic carbocycles. The number of nitro benzene ring substituents is 1. The zero-order valence-electron chi connectivity index (χ0n) is 8.55. The van der Waals surface area contributed by atoms with Crippen LogP contribution in [0.4, 0.5) is 5.69 Å². The quantitative estimate of drug-likeness (QED) is 0.617. The minimum absolute atomic E-state index is 0. The summed E-state index contributed by atoms with van der Waals surface area (Å²) in [6, 6.07) is 4.74. The van der Waals surface area contributed by atoms with E-state index in [1.54, 1.807) is 6.07 Å². The number of nitrogens with zero attached hydrogens (tertiary/aromatic N) is 1. The molecule has 2 N–H and O–H groups in total. The van der Waals surface area contributed by atoms with Crippen molar-refractivity contribution in [3.63, 3.8) is 0 Å². The van der Waals surface area contributed by atoms with Crippen molar-refractivity contribution in [2.45, 2.75) is 18.9 Å². The van der Waals surface area contributed by atoms with E-state index in [1.165, 1.54) is 12.1 Å². The molecule has 2 rings (SSSR count). The van der Waals surface area contributed by atoms with Gasteiger partial charge >= 0.3 is 5.69 Å². The molecule has 1 aliphatic rings. The summed E-state index contributed by atoms with van der Waals surface area (Å²) < 4.78 is 0. The molecule has 6 heteroatoms. The third-order valence-corrected chi connectivity index (χ3v) is 2.66. The molecule has 1 fully saturated rings. The first-order valence-electron chi connectivity index (χ1n) is 4.89. The first-order valence-corrected chi connectivity index (χ1v) is 4.89. The van der Waals surface area contributed by atoms with Crippen LogP contribution in [0.25, 0.3) is 0 Å². The molecule has 1 atom stereocenters. The highest BCUT2D eigenvalue weighted by Crippen LogP contribution is 2.31. The van der Waals surface area contributed by atoms with Gasteiger partial charge in [-0.05, 0) is 31.0 Å². The highest BCUT2D eigenvalue weighted by Gasteiger charge is 2.20. The van der Waals surface area contributed by atoms with Crippen molar-refractivity contribution in [1.29, 1.82) is 0 Å². The van der Waals surface area contributed by atoms with Gasteiger partial charge in [-0.3, -0.25) is 10.1 Å². The van der Waals surface area contributed by atoms with Gasteiger partial charge in [0.2, 0.25) is 0 Å². The lowest BCUT2D eigenvalue weighted by Crippen LogP contribution is -2.12. The van der Waals surface area contributed by atoms with Gasteiger partial charge in [0.05, 0.1) is 4.92 Å². The molecule has 0 radical (unpaired) electrons. The van der Waals surface area contributed by atoms with Gasteiger partial charge in [0.1, 0.15) is 0 Å². The highest BCUT2D eigenvalue weighted by atomic mass is 35.5. The second kappa shape index (κ2) is 5.14. The van der Waals surface area contributed by atoms with Crippen LogP contribution in [0.15, 0.2) is 18.2 Å². The molecular weight excluding hydrogens is 232 g/mol. The predicted octanol–water partition coefficient (Wildman–Crippen LogP) is 2.15. The number of halogens is 1. The molecular formula is C10H13ClN2O3. The Morgan fingerprint density at radius 2 is 2.25 bits per heavy atom. The third kappa shape index (κ3) is 2.43. The average molecular weight is 245 g/mol. The summed E-state index contributed by atoms with van der Waals surface area (Å²) in [5.74, 6) is -0.276. The van der Waals surface area contributed by atoms with Crippen LogP contribution in [0.1, 0.15) is 24.4 Å². The summed E-state index contributed by atoms with van der Waals surface area (Å²) in [5.41, 5.74) is 0.651. The lowest BCUT2D eigenvalue weighted by atomic mass is 10.0. The van der Waals surface area contributed by atoms with Gasteiger partial charge in [-0.25, -0.2) is 0 Å². The fraction of sp³-hybridized carbons (Fsp3) is 0.400. The topological polar surface area (TPSA) is 75.4 Å². The standard InChI is InChI=1S/C10H12N2O3.ClH/c13-10-4-3-7(6-9(10)12(14)15)8-2-1-5-11-8;/h3-4,6,8,11,13H,1-2,5H2;1H/t8-;/m0./s1. The monoisotopic (exact) mass is 244 g/mol. The molecule has 0 spiro atoms. The Balaban J connectivity index is 0.00000128. The number of hydrogen-bond donors (Lipinski definition) is 2. The number of benzene rings is 1.